The van der Waals surface area contributed by atoms with Crippen molar-refractivity contribution in [2.24, 2.45) is 5.41 Å². The summed E-state index contributed by atoms with van der Waals surface area (Å²) in [6.45, 7) is 3.27. The number of rotatable bonds is 3. The highest BCUT2D eigenvalue weighted by atomic mass is 16.2. The lowest BCUT2D eigenvalue weighted by Gasteiger charge is -2.25. The summed E-state index contributed by atoms with van der Waals surface area (Å²) < 4.78 is 0. The highest BCUT2D eigenvalue weighted by molar-refractivity contribution is 5.87. The Bertz CT molecular complexity index is 965. The number of amides is 1. The fourth-order valence-corrected chi connectivity index (χ4v) is 4.03. The quantitative estimate of drug-likeness (QED) is 0.771. The lowest BCUT2D eigenvalue weighted by atomic mass is 10.1. The monoisotopic (exact) mass is 362 g/mol. The first kappa shape index (κ1) is 16.2. The zero-order valence-electron chi connectivity index (χ0n) is 15.1. The molecule has 5 rings (SSSR count). The molecule has 1 amide bonds. The third kappa shape index (κ3) is 3.13. The molecule has 27 heavy (non-hydrogen) atoms. The first-order chi connectivity index (χ1) is 13.2. The van der Waals surface area contributed by atoms with Gasteiger partial charge >= 0.3 is 0 Å². The molecule has 138 valence electrons. The molecule has 0 unspecified atom stereocenters. The highest BCUT2D eigenvalue weighted by Gasteiger charge is 2.47. The van der Waals surface area contributed by atoms with Gasteiger partial charge in [0.15, 0.2) is 0 Å². The van der Waals surface area contributed by atoms with Crippen LogP contribution in [0.15, 0.2) is 43.0 Å². The van der Waals surface area contributed by atoms with E-state index in [1.165, 1.54) is 0 Å². The van der Waals surface area contributed by atoms with Gasteiger partial charge in [-0.1, -0.05) is 6.07 Å². The largest absolute Gasteiger partial charge is 0.354 e. The fraction of sp³-hybridized carbons (Fsp3) is 0.400. The summed E-state index contributed by atoms with van der Waals surface area (Å²) in [5.41, 5.74) is 1.89. The molecule has 1 saturated heterocycles. The van der Waals surface area contributed by atoms with Gasteiger partial charge in [0.1, 0.15) is 17.8 Å². The smallest absolute Gasteiger partial charge is 0.228 e. The molecule has 3 aromatic rings. The Balaban J connectivity index is 1.37. The molecule has 7 nitrogen and oxygen atoms in total. The van der Waals surface area contributed by atoms with Crippen LogP contribution in [0.3, 0.4) is 0 Å². The number of aromatic nitrogens is 4. The minimum Gasteiger partial charge on any atom is -0.354 e. The minimum absolute atomic E-state index is 0.163. The molecule has 1 aliphatic heterocycles. The van der Waals surface area contributed by atoms with E-state index in [0.717, 1.165) is 55.0 Å². The summed E-state index contributed by atoms with van der Waals surface area (Å²) in [7, 11) is 0. The summed E-state index contributed by atoms with van der Waals surface area (Å²) >= 11 is 0. The molecule has 3 aromatic heterocycles. The van der Waals surface area contributed by atoms with Crippen molar-refractivity contribution >= 4 is 22.8 Å². The molecule has 7 heteroatoms. The maximum absolute atomic E-state index is 12.9. The molecule has 1 N–H and O–H groups in total. The van der Waals surface area contributed by atoms with E-state index in [9.17, 15) is 4.79 Å². The molecule has 0 atom stereocenters. The number of hydrogen-bond acceptors (Lipinski definition) is 5. The number of fused-ring (bicyclic) bond motifs is 1. The number of aromatic amines is 1. The second-order valence-electron chi connectivity index (χ2n) is 7.67. The number of carbonyl (C=O) groups is 1. The number of nitrogens with zero attached hydrogens (tertiary/aromatic N) is 5. The van der Waals surface area contributed by atoms with Crippen LogP contribution in [0.1, 0.15) is 18.5 Å². The van der Waals surface area contributed by atoms with E-state index in [4.69, 9.17) is 0 Å². The zero-order valence-corrected chi connectivity index (χ0v) is 15.1. The van der Waals surface area contributed by atoms with Gasteiger partial charge in [-0.15, -0.1) is 0 Å². The van der Waals surface area contributed by atoms with Crippen molar-refractivity contribution in [2.45, 2.75) is 19.3 Å². The van der Waals surface area contributed by atoms with Crippen LogP contribution in [0.5, 0.6) is 0 Å². The molecule has 0 bridgehead atoms. The molecule has 4 heterocycles. The van der Waals surface area contributed by atoms with E-state index in [-0.39, 0.29) is 11.3 Å². The average molecular weight is 362 g/mol. The number of anilines is 1. The third-order valence-corrected chi connectivity index (χ3v) is 5.69. The van der Waals surface area contributed by atoms with Crippen LogP contribution in [0, 0.1) is 5.41 Å². The van der Waals surface area contributed by atoms with Gasteiger partial charge in [0.2, 0.25) is 5.91 Å². The zero-order chi connectivity index (χ0) is 18.3. The number of carbonyl (C=O) groups excluding carboxylic acids is 1. The molecule has 2 fully saturated rings. The maximum Gasteiger partial charge on any atom is 0.228 e. The van der Waals surface area contributed by atoms with Crippen molar-refractivity contribution in [3.63, 3.8) is 0 Å². The SMILES string of the molecule is O=C(Cc1ccccn1)N1CCN(c2ncnc3[nH]ccc23)CC2(CC2)C1. The van der Waals surface area contributed by atoms with Crippen LogP contribution in [0.2, 0.25) is 0 Å². The van der Waals surface area contributed by atoms with E-state index in [0.29, 0.717) is 13.0 Å². The Morgan fingerprint density at radius 2 is 2.04 bits per heavy atom. The standard InChI is InChI=1S/C20H22N6O/c27-17(11-15-3-1-2-7-21-15)25-9-10-26(13-20(12-25)5-6-20)19-16-4-8-22-18(16)23-14-24-19/h1-4,7-8,14H,5-6,9-13H2,(H,22,23,24). The van der Waals surface area contributed by atoms with Crippen molar-refractivity contribution < 1.29 is 4.79 Å². The minimum atomic E-state index is 0.163. The van der Waals surface area contributed by atoms with E-state index in [2.05, 4.69) is 24.8 Å². The van der Waals surface area contributed by atoms with Gasteiger partial charge in [-0.25, -0.2) is 9.97 Å². The lowest BCUT2D eigenvalue weighted by molar-refractivity contribution is -0.131. The lowest BCUT2D eigenvalue weighted by Crippen LogP contribution is -2.37. The van der Waals surface area contributed by atoms with Crippen LogP contribution in [-0.2, 0) is 11.2 Å². The highest BCUT2D eigenvalue weighted by Crippen LogP contribution is 2.48. The van der Waals surface area contributed by atoms with Crippen molar-refractivity contribution in [3.8, 4) is 0 Å². The summed E-state index contributed by atoms with van der Waals surface area (Å²) in [4.78, 5) is 33.6. The average Bonchev–Trinajstić information content (AvgIpc) is 3.33. The Morgan fingerprint density at radius 3 is 2.85 bits per heavy atom. The Hall–Kier alpha value is -2.96. The van der Waals surface area contributed by atoms with Gasteiger partial charge in [0.05, 0.1) is 11.8 Å². The first-order valence-electron chi connectivity index (χ1n) is 9.43. The normalized spacial score (nSPS) is 18.7. The van der Waals surface area contributed by atoms with E-state index < -0.39 is 0 Å². The number of pyridine rings is 1. The summed E-state index contributed by atoms with van der Waals surface area (Å²) in [6, 6.07) is 7.75. The van der Waals surface area contributed by atoms with Gasteiger partial charge < -0.3 is 14.8 Å². The second-order valence-corrected chi connectivity index (χ2v) is 7.67. The number of nitrogens with one attached hydrogen (secondary N) is 1. The van der Waals surface area contributed by atoms with Crippen LogP contribution in [0.4, 0.5) is 5.82 Å². The van der Waals surface area contributed by atoms with Gasteiger partial charge in [-0.2, -0.15) is 0 Å². The number of H-pyrrole nitrogens is 1. The van der Waals surface area contributed by atoms with E-state index in [1.807, 2.05) is 35.4 Å². The Labute approximate surface area is 157 Å². The van der Waals surface area contributed by atoms with Gasteiger partial charge in [-0.3, -0.25) is 9.78 Å². The molecule has 0 aromatic carbocycles. The summed E-state index contributed by atoms with van der Waals surface area (Å²) in [6.07, 6.45) is 7.95. The molecular formula is C20H22N6O. The topological polar surface area (TPSA) is 78.0 Å². The second kappa shape index (κ2) is 6.33. The van der Waals surface area contributed by atoms with Gasteiger partial charge in [0.25, 0.3) is 0 Å². The predicted molar refractivity (Wildman–Crippen MR) is 102 cm³/mol. The summed E-state index contributed by atoms with van der Waals surface area (Å²) in [5, 5.41) is 1.04. The number of hydrogen-bond donors (Lipinski definition) is 1. The van der Waals surface area contributed by atoms with Crippen molar-refractivity contribution in [1.29, 1.82) is 0 Å². The molecule has 1 saturated carbocycles. The molecule has 2 aliphatic rings. The van der Waals surface area contributed by atoms with Crippen molar-refractivity contribution in [3.05, 3.63) is 48.7 Å². The molecule has 0 radical (unpaired) electrons. The van der Waals surface area contributed by atoms with Crippen LogP contribution >= 0.6 is 0 Å². The van der Waals surface area contributed by atoms with Crippen LogP contribution in [-0.4, -0.2) is 56.9 Å². The van der Waals surface area contributed by atoms with Crippen molar-refractivity contribution in [2.75, 3.05) is 31.1 Å². The summed E-state index contributed by atoms with van der Waals surface area (Å²) in [5.74, 6) is 1.13. The Kier molecular flexibility index (Phi) is 3.81. The van der Waals surface area contributed by atoms with E-state index in [1.54, 1.807) is 12.5 Å². The molecule has 1 spiro atoms. The fourth-order valence-electron chi connectivity index (χ4n) is 4.03. The van der Waals surface area contributed by atoms with Crippen LogP contribution in [0.25, 0.3) is 11.0 Å². The van der Waals surface area contributed by atoms with Gasteiger partial charge in [-0.05, 0) is 31.0 Å². The Morgan fingerprint density at radius 1 is 1.11 bits per heavy atom. The maximum atomic E-state index is 12.9. The van der Waals surface area contributed by atoms with Crippen molar-refractivity contribution in [1.82, 2.24) is 24.8 Å². The molecule has 1 aliphatic carbocycles. The first-order valence-corrected chi connectivity index (χ1v) is 9.43. The van der Waals surface area contributed by atoms with E-state index >= 15 is 0 Å². The third-order valence-electron chi connectivity index (χ3n) is 5.69. The van der Waals surface area contributed by atoms with Gasteiger partial charge in [0, 0.05) is 49.7 Å². The molecular weight excluding hydrogens is 340 g/mol. The van der Waals surface area contributed by atoms with Crippen LogP contribution < -0.4 is 4.90 Å². The predicted octanol–water partition coefficient (Wildman–Crippen LogP) is 2.02.